The van der Waals surface area contributed by atoms with E-state index in [2.05, 4.69) is 5.32 Å². The number of nitrogens with one attached hydrogen (secondary N) is 1. The van der Waals surface area contributed by atoms with Crippen molar-refractivity contribution in [3.63, 3.8) is 0 Å². The molecule has 1 unspecified atom stereocenters. The van der Waals surface area contributed by atoms with E-state index in [9.17, 15) is 14.4 Å². The summed E-state index contributed by atoms with van der Waals surface area (Å²) in [5.74, 6) is -1.67. The van der Waals surface area contributed by atoms with Gasteiger partial charge in [-0.3, -0.25) is 4.79 Å². The molecule has 0 spiro atoms. The fourth-order valence-electron chi connectivity index (χ4n) is 1.53. The summed E-state index contributed by atoms with van der Waals surface area (Å²) in [6.45, 7) is 4.70. The van der Waals surface area contributed by atoms with Gasteiger partial charge in [-0.05, 0) is 20.3 Å². The van der Waals surface area contributed by atoms with Crippen molar-refractivity contribution in [2.24, 2.45) is 0 Å². The average molecular weight is 214 g/mol. The van der Waals surface area contributed by atoms with Crippen LogP contribution in [0.5, 0.6) is 0 Å². The molecular formula is C9H14N2O4. The molecule has 15 heavy (non-hydrogen) atoms. The lowest BCUT2D eigenvalue weighted by molar-refractivity contribution is -0.147. The first-order chi connectivity index (χ1) is 6.81. The van der Waals surface area contributed by atoms with Gasteiger partial charge in [0.1, 0.15) is 11.6 Å². The van der Waals surface area contributed by atoms with Crippen molar-refractivity contribution in [1.82, 2.24) is 10.2 Å². The Morgan fingerprint density at radius 2 is 2.07 bits per heavy atom. The number of aliphatic carboxylic acids is 1. The quantitative estimate of drug-likeness (QED) is 0.656. The topological polar surface area (TPSA) is 86.7 Å². The van der Waals surface area contributed by atoms with Gasteiger partial charge in [0, 0.05) is 0 Å². The zero-order valence-corrected chi connectivity index (χ0v) is 8.90. The van der Waals surface area contributed by atoms with Crippen molar-refractivity contribution in [3.05, 3.63) is 0 Å². The van der Waals surface area contributed by atoms with Crippen molar-refractivity contribution in [2.45, 2.75) is 38.8 Å². The molecule has 84 valence electrons. The highest BCUT2D eigenvalue weighted by molar-refractivity contribution is 6.08. The second kappa shape index (κ2) is 3.52. The summed E-state index contributed by atoms with van der Waals surface area (Å²) in [6.07, 6.45) is 0.199. The number of carbonyl (C=O) groups is 3. The van der Waals surface area contributed by atoms with Crippen molar-refractivity contribution < 1.29 is 19.5 Å². The fraction of sp³-hybridized carbons (Fsp3) is 0.667. The summed E-state index contributed by atoms with van der Waals surface area (Å²) in [5.41, 5.74) is -1.01. The number of urea groups is 1. The van der Waals surface area contributed by atoms with Gasteiger partial charge in [-0.15, -0.1) is 0 Å². The van der Waals surface area contributed by atoms with Gasteiger partial charge >= 0.3 is 12.0 Å². The Balaban J connectivity index is 3.01. The van der Waals surface area contributed by atoms with Crippen LogP contribution in [0.25, 0.3) is 0 Å². The zero-order valence-electron chi connectivity index (χ0n) is 8.90. The minimum absolute atomic E-state index is 0.199. The largest absolute Gasteiger partial charge is 0.480 e. The van der Waals surface area contributed by atoms with E-state index in [1.54, 1.807) is 20.8 Å². The minimum atomic E-state index is -1.17. The van der Waals surface area contributed by atoms with Crippen LogP contribution in [0.15, 0.2) is 0 Å². The maximum atomic E-state index is 11.7. The van der Waals surface area contributed by atoms with E-state index < -0.39 is 29.5 Å². The molecule has 0 radical (unpaired) electrons. The standard InChI is InChI=1S/C9H14N2O4/c1-4-5(6(12)13)11-7(14)9(2,3)10-8(11)15/h5H,4H2,1-3H3,(H,10,15)(H,12,13). The summed E-state index contributed by atoms with van der Waals surface area (Å²) in [6, 6.07) is -1.72. The summed E-state index contributed by atoms with van der Waals surface area (Å²) < 4.78 is 0. The number of carbonyl (C=O) groups excluding carboxylic acids is 2. The maximum absolute atomic E-state index is 11.7. The molecule has 0 aromatic heterocycles. The number of hydrogen-bond acceptors (Lipinski definition) is 3. The van der Waals surface area contributed by atoms with Crippen LogP contribution in [-0.2, 0) is 9.59 Å². The number of imide groups is 1. The van der Waals surface area contributed by atoms with Crippen LogP contribution in [0.2, 0.25) is 0 Å². The predicted molar refractivity (Wildman–Crippen MR) is 51.2 cm³/mol. The molecule has 1 heterocycles. The SMILES string of the molecule is CCC(C(=O)O)N1C(=O)NC(C)(C)C1=O. The molecule has 1 fully saturated rings. The van der Waals surface area contributed by atoms with Crippen molar-refractivity contribution in [3.8, 4) is 0 Å². The van der Waals surface area contributed by atoms with E-state index in [-0.39, 0.29) is 6.42 Å². The summed E-state index contributed by atoms with van der Waals surface area (Å²) >= 11 is 0. The third-order valence-corrected chi connectivity index (χ3v) is 2.38. The monoisotopic (exact) mass is 214 g/mol. The number of carboxylic acid groups (broad SMARTS) is 1. The molecule has 1 saturated heterocycles. The Bertz CT molecular complexity index is 324. The Morgan fingerprint density at radius 3 is 2.33 bits per heavy atom. The molecular weight excluding hydrogens is 200 g/mol. The number of carboxylic acids is 1. The molecule has 1 rings (SSSR count). The number of rotatable bonds is 3. The van der Waals surface area contributed by atoms with Crippen molar-refractivity contribution in [1.29, 1.82) is 0 Å². The molecule has 1 atom stereocenters. The molecule has 0 bridgehead atoms. The third-order valence-electron chi connectivity index (χ3n) is 2.38. The van der Waals surface area contributed by atoms with Crippen molar-refractivity contribution >= 4 is 17.9 Å². The molecule has 6 nitrogen and oxygen atoms in total. The Kier molecular flexibility index (Phi) is 2.70. The van der Waals surface area contributed by atoms with E-state index in [0.29, 0.717) is 0 Å². The van der Waals surface area contributed by atoms with Crippen LogP contribution in [-0.4, -0.2) is 39.5 Å². The van der Waals surface area contributed by atoms with Crippen molar-refractivity contribution in [2.75, 3.05) is 0 Å². The minimum Gasteiger partial charge on any atom is -0.480 e. The first-order valence-electron chi connectivity index (χ1n) is 4.70. The second-order valence-corrected chi connectivity index (χ2v) is 3.99. The van der Waals surface area contributed by atoms with E-state index >= 15 is 0 Å². The highest BCUT2D eigenvalue weighted by Crippen LogP contribution is 2.20. The first kappa shape index (κ1) is 11.5. The molecule has 0 aromatic rings. The number of nitrogens with zero attached hydrogens (tertiary/aromatic N) is 1. The maximum Gasteiger partial charge on any atom is 0.326 e. The van der Waals surface area contributed by atoms with Crippen LogP contribution < -0.4 is 5.32 Å². The van der Waals surface area contributed by atoms with Crippen LogP contribution in [0.3, 0.4) is 0 Å². The van der Waals surface area contributed by atoms with Gasteiger partial charge in [0.15, 0.2) is 0 Å². The van der Waals surface area contributed by atoms with Gasteiger partial charge in [0.2, 0.25) is 0 Å². The lowest BCUT2D eigenvalue weighted by Crippen LogP contribution is -2.46. The van der Waals surface area contributed by atoms with E-state index in [0.717, 1.165) is 4.90 Å². The molecule has 3 amide bonds. The van der Waals surface area contributed by atoms with Crippen LogP contribution >= 0.6 is 0 Å². The van der Waals surface area contributed by atoms with E-state index in [4.69, 9.17) is 5.11 Å². The molecule has 0 saturated carbocycles. The normalized spacial score (nSPS) is 21.4. The molecule has 1 aliphatic heterocycles. The summed E-state index contributed by atoms with van der Waals surface area (Å²) in [4.78, 5) is 34.8. The van der Waals surface area contributed by atoms with E-state index in [1.165, 1.54) is 0 Å². The lowest BCUT2D eigenvalue weighted by atomic mass is 10.1. The van der Waals surface area contributed by atoms with Gasteiger partial charge < -0.3 is 10.4 Å². The van der Waals surface area contributed by atoms with Gasteiger partial charge in [0.25, 0.3) is 5.91 Å². The Morgan fingerprint density at radius 1 is 1.53 bits per heavy atom. The van der Waals surface area contributed by atoms with Crippen LogP contribution in [0.1, 0.15) is 27.2 Å². The fourth-order valence-corrected chi connectivity index (χ4v) is 1.53. The number of amides is 3. The molecule has 2 N–H and O–H groups in total. The Hall–Kier alpha value is -1.59. The molecule has 0 aliphatic carbocycles. The predicted octanol–water partition coefficient (Wildman–Crippen LogP) is 0.180. The average Bonchev–Trinajstić information content (AvgIpc) is 2.28. The second-order valence-electron chi connectivity index (χ2n) is 3.99. The van der Waals surface area contributed by atoms with Gasteiger partial charge in [-0.25, -0.2) is 14.5 Å². The summed E-state index contributed by atoms with van der Waals surface area (Å²) in [7, 11) is 0. The highest BCUT2D eigenvalue weighted by Gasteiger charge is 2.48. The van der Waals surface area contributed by atoms with Crippen LogP contribution in [0, 0.1) is 0 Å². The third kappa shape index (κ3) is 1.79. The Labute approximate surface area is 87.2 Å². The lowest BCUT2D eigenvalue weighted by Gasteiger charge is -2.21. The van der Waals surface area contributed by atoms with Gasteiger partial charge in [0.05, 0.1) is 0 Å². The van der Waals surface area contributed by atoms with E-state index in [1.807, 2.05) is 0 Å². The van der Waals surface area contributed by atoms with Gasteiger partial charge in [-0.1, -0.05) is 6.92 Å². The zero-order chi connectivity index (χ0) is 11.8. The number of hydrogen-bond donors (Lipinski definition) is 2. The smallest absolute Gasteiger partial charge is 0.326 e. The first-order valence-corrected chi connectivity index (χ1v) is 4.70. The highest BCUT2D eigenvalue weighted by atomic mass is 16.4. The van der Waals surface area contributed by atoms with Crippen LogP contribution in [0.4, 0.5) is 4.79 Å². The van der Waals surface area contributed by atoms with Gasteiger partial charge in [-0.2, -0.15) is 0 Å². The molecule has 1 aliphatic rings. The molecule has 0 aromatic carbocycles. The molecule has 6 heteroatoms. The summed E-state index contributed by atoms with van der Waals surface area (Å²) in [5, 5.41) is 11.3.